The average Bonchev–Trinajstić information content (AvgIpc) is 3.43. The summed E-state index contributed by atoms with van der Waals surface area (Å²) in [5.41, 5.74) is 0. The summed E-state index contributed by atoms with van der Waals surface area (Å²) < 4.78 is 16.8. The fourth-order valence-corrected chi connectivity index (χ4v) is 8.76. The maximum Gasteiger partial charge on any atom is 0.306 e. The Morgan fingerprint density at radius 3 is 0.870 bits per heavy atom. The van der Waals surface area contributed by atoms with E-state index in [1.807, 2.05) is 6.08 Å². The summed E-state index contributed by atoms with van der Waals surface area (Å²) >= 11 is 0. The zero-order chi connectivity index (χ0) is 55.7. The van der Waals surface area contributed by atoms with Gasteiger partial charge in [-0.15, -0.1) is 0 Å². The lowest BCUT2D eigenvalue weighted by Gasteiger charge is -2.18. The van der Waals surface area contributed by atoms with Crippen molar-refractivity contribution in [1.82, 2.24) is 0 Å². The van der Waals surface area contributed by atoms with Crippen molar-refractivity contribution < 1.29 is 28.6 Å². The molecule has 0 aromatic heterocycles. The second kappa shape index (κ2) is 64.3. The number of hydrogen-bond acceptors (Lipinski definition) is 6. The van der Waals surface area contributed by atoms with E-state index in [0.29, 0.717) is 19.3 Å². The van der Waals surface area contributed by atoms with Crippen molar-refractivity contribution >= 4 is 17.9 Å². The van der Waals surface area contributed by atoms with Crippen molar-refractivity contribution in [3.63, 3.8) is 0 Å². The number of allylic oxidation sites excluding steroid dienone is 20. The van der Waals surface area contributed by atoms with E-state index in [0.717, 1.165) is 103 Å². The summed E-state index contributed by atoms with van der Waals surface area (Å²) in [6.07, 6.45) is 89.4. The van der Waals surface area contributed by atoms with Crippen molar-refractivity contribution in [3.8, 4) is 0 Å². The van der Waals surface area contributed by atoms with E-state index < -0.39 is 6.10 Å². The molecule has 0 aromatic rings. The van der Waals surface area contributed by atoms with Crippen molar-refractivity contribution in [3.05, 3.63) is 122 Å². The van der Waals surface area contributed by atoms with E-state index in [1.165, 1.54) is 141 Å². The SMILES string of the molecule is CC/C=C\C/C=C\C/C=C\C/C=C\C/C=C\C/C=C\CCCCCCCCCCCCC(=O)OCC(COC(=O)CC/C=C\C/C=C\C/C=C\C/C=C\CC)OC(=O)CCCCCCCCCCCCCCCCCCC. The molecule has 77 heavy (non-hydrogen) atoms. The summed E-state index contributed by atoms with van der Waals surface area (Å²) in [6, 6.07) is 0. The zero-order valence-electron chi connectivity index (χ0n) is 50.2. The van der Waals surface area contributed by atoms with Crippen LogP contribution in [0.25, 0.3) is 0 Å². The largest absolute Gasteiger partial charge is 0.462 e. The third kappa shape index (κ3) is 62.5. The number of rotatable bonds is 57. The summed E-state index contributed by atoms with van der Waals surface area (Å²) in [7, 11) is 0. The molecule has 0 rings (SSSR count). The van der Waals surface area contributed by atoms with Gasteiger partial charge in [-0.1, -0.05) is 296 Å². The van der Waals surface area contributed by atoms with Crippen molar-refractivity contribution in [1.29, 1.82) is 0 Å². The molecule has 1 unspecified atom stereocenters. The molecule has 0 radical (unpaired) electrons. The third-order valence-corrected chi connectivity index (χ3v) is 13.5. The molecule has 0 aromatic carbocycles. The van der Waals surface area contributed by atoms with Gasteiger partial charge in [-0.25, -0.2) is 0 Å². The Morgan fingerprint density at radius 2 is 0.532 bits per heavy atom. The molecule has 0 heterocycles. The minimum atomic E-state index is -0.810. The van der Waals surface area contributed by atoms with Crippen LogP contribution in [0.4, 0.5) is 0 Å². The van der Waals surface area contributed by atoms with Crippen molar-refractivity contribution in [2.75, 3.05) is 13.2 Å². The number of hydrogen-bond donors (Lipinski definition) is 0. The van der Waals surface area contributed by atoms with Crippen molar-refractivity contribution in [2.24, 2.45) is 0 Å². The lowest BCUT2D eigenvalue weighted by molar-refractivity contribution is -0.166. The Balaban J connectivity index is 4.32. The number of unbranched alkanes of at least 4 members (excludes halogenated alkanes) is 26. The summed E-state index contributed by atoms with van der Waals surface area (Å²) in [5, 5.41) is 0. The molecular formula is C71H118O6. The monoisotopic (exact) mass is 1070 g/mol. The molecule has 6 heteroatoms. The van der Waals surface area contributed by atoms with Crippen LogP contribution in [0.15, 0.2) is 122 Å². The van der Waals surface area contributed by atoms with Crippen LogP contribution >= 0.6 is 0 Å². The first kappa shape index (κ1) is 72.8. The van der Waals surface area contributed by atoms with Gasteiger partial charge in [-0.2, -0.15) is 0 Å². The second-order valence-electron chi connectivity index (χ2n) is 20.9. The highest BCUT2D eigenvalue weighted by molar-refractivity contribution is 5.71. The number of esters is 3. The van der Waals surface area contributed by atoms with Gasteiger partial charge in [0.05, 0.1) is 0 Å². The standard InChI is InChI=1S/C71H118O6/c1-4-7-10-13-16-19-22-25-27-29-30-31-32-33-34-35-36-37-38-39-40-42-43-46-49-52-55-58-61-64-70(73)76-67-68(66-75-69(72)63-60-57-54-51-48-45-24-21-18-15-12-9-6-3)77-71(74)65-62-59-56-53-50-47-44-41-28-26-23-20-17-14-11-8-5-2/h7,9-10,12,16,18-19,21,25,27,30-31,33-34,36-37,45,48,54,57,68H,4-6,8,11,13-15,17,20,22-24,26,28-29,32,35,38-44,46-47,49-53,55-56,58-67H2,1-3H3/b10-7-,12-9-,19-16-,21-18-,27-25-,31-30-,34-33-,37-36-,48-45-,57-54-. The number of ether oxygens (including phenoxy) is 3. The molecule has 0 amide bonds. The van der Waals surface area contributed by atoms with Crippen LogP contribution in [0.1, 0.15) is 290 Å². The van der Waals surface area contributed by atoms with Crippen LogP contribution in [0.2, 0.25) is 0 Å². The Labute approximate surface area is 475 Å². The molecule has 6 nitrogen and oxygen atoms in total. The van der Waals surface area contributed by atoms with Crippen LogP contribution in [0.5, 0.6) is 0 Å². The zero-order valence-corrected chi connectivity index (χ0v) is 50.2. The van der Waals surface area contributed by atoms with Gasteiger partial charge < -0.3 is 14.2 Å². The molecule has 0 fully saturated rings. The van der Waals surface area contributed by atoms with E-state index in [2.05, 4.69) is 136 Å². The Bertz CT molecular complexity index is 1600. The first-order valence-electron chi connectivity index (χ1n) is 32.0. The first-order valence-corrected chi connectivity index (χ1v) is 32.0. The van der Waals surface area contributed by atoms with Crippen LogP contribution < -0.4 is 0 Å². The van der Waals surface area contributed by atoms with Gasteiger partial charge in [0, 0.05) is 19.3 Å². The predicted octanol–water partition coefficient (Wildman–Crippen LogP) is 22.0. The van der Waals surface area contributed by atoms with Gasteiger partial charge in [0.15, 0.2) is 6.10 Å². The normalized spacial score (nSPS) is 12.9. The Kier molecular flexibility index (Phi) is 60.8. The second-order valence-corrected chi connectivity index (χ2v) is 20.9. The lowest BCUT2D eigenvalue weighted by atomic mass is 10.0. The third-order valence-electron chi connectivity index (χ3n) is 13.5. The topological polar surface area (TPSA) is 78.9 Å². The quantitative estimate of drug-likeness (QED) is 0.0261. The highest BCUT2D eigenvalue weighted by Crippen LogP contribution is 2.16. The summed E-state index contributed by atoms with van der Waals surface area (Å²) in [6.45, 7) is 6.36. The van der Waals surface area contributed by atoms with Crippen LogP contribution in [-0.2, 0) is 28.6 Å². The fraction of sp³-hybridized carbons (Fsp3) is 0.676. The highest BCUT2D eigenvalue weighted by Gasteiger charge is 2.19. The molecule has 0 aliphatic heterocycles. The Hall–Kier alpha value is -4.19. The van der Waals surface area contributed by atoms with Gasteiger partial charge in [0.2, 0.25) is 0 Å². The highest BCUT2D eigenvalue weighted by atomic mass is 16.6. The van der Waals surface area contributed by atoms with E-state index in [-0.39, 0.29) is 37.5 Å². The predicted molar refractivity (Wildman–Crippen MR) is 334 cm³/mol. The van der Waals surface area contributed by atoms with Gasteiger partial charge in [0.25, 0.3) is 0 Å². The van der Waals surface area contributed by atoms with Gasteiger partial charge in [-0.05, 0) is 96.3 Å². The maximum atomic E-state index is 12.9. The minimum Gasteiger partial charge on any atom is -0.462 e. The molecule has 0 spiro atoms. The van der Waals surface area contributed by atoms with E-state index in [1.54, 1.807) is 0 Å². The van der Waals surface area contributed by atoms with E-state index in [4.69, 9.17) is 14.2 Å². The molecule has 0 bridgehead atoms. The summed E-state index contributed by atoms with van der Waals surface area (Å²) in [5.74, 6) is -0.984. The van der Waals surface area contributed by atoms with E-state index in [9.17, 15) is 14.4 Å². The molecule has 0 saturated heterocycles. The van der Waals surface area contributed by atoms with Gasteiger partial charge >= 0.3 is 17.9 Å². The molecule has 0 N–H and O–H groups in total. The molecule has 1 atom stereocenters. The van der Waals surface area contributed by atoms with Crippen molar-refractivity contribution in [2.45, 2.75) is 297 Å². The first-order chi connectivity index (χ1) is 38.0. The van der Waals surface area contributed by atoms with Crippen LogP contribution in [0.3, 0.4) is 0 Å². The minimum absolute atomic E-state index is 0.102. The Morgan fingerprint density at radius 1 is 0.273 bits per heavy atom. The fourth-order valence-electron chi connectivity index (χ4n) is 8.76. The number of carbonyl (C=O) groups excluding carboxylic acids is 3. The number of carbonyl (C=O) groups is 3. The summed E-state index contributed by atoms with van der Waals surface area (Å²) in [4.78, 5) is 38.2. The maximum absolute atomic E-state index is 12.9. The molecule has 0 saturated carbocycles. The smallest absolute Gasteiger partial charge is 0.306 e. The molecule has 438 valence electrons. The molecule has 0 aliphatic rings. The van der Waals surface area contributed by atoms with Crippen LogP contribution in [0, 0.1) is 0 Å². The van der Waals surface area contributed by atoms with E-state index >= 15 is 0 Å². The van der Waals surface area contributed by atoms with Gasteiger partial charge in [-0.3, -0.25) is 14.4 Å². The lowest BCUT2D eigenvalue weighted by Crippen LogP contribution is -2.30. The average molecular weight is 1070 g/mol. The molecule has 0 aliphatic carbocycles. The van der Waals surface area contributed by atoms with Gasteiger partial charge in [0.1, 0.15) is 13.2 Å². The van der Waals surface area contributed by atoms with Crippen LogP contribution in [-0.4, -0.2) is 37.2 Å². The molecular weight excluding hydrogens is 949 g/mol.